The van der Waals surface area contributed by atoms with Crippen LogP contribution in [0.15, 0.2) is 24.3 Å². The third-order valence-electron chi connectivity index (χ3n) is 4.32. The van der Waals surface area contributed by atoms with Crippen LogP contribution in [0.3, 0.4) is 0 Å². The van der Waals surface area contributed by atoms with Gasteiger partial charge in [0, 0.05) is 0 Å². The summed E-state index contributed by atoms with van der Waals surface area (Å²) in [5, 5.41) is -16.4. The largest absolute Gasteiger partial charge is 0.460 e. The lowest BCUT2D eigenvalue weighted by Crippen LogP contribution is -2.69. The number of allylic oxidation sites excluding steroid dienone is 2. The predicted molar refractivity (Wildman–Crippen MR) is 83.5 cm³/mol. The van der Waals surface area contributed by atoms with Crippen molar-refractivity contribution in [3.05, 3.63) is 24.3 Å². The van der Waals surface area contributed by atoms with Crippen LogP contribution in [0.25, 0.3) is 0 Å². The fourth-order valence-electron chi connectivity index (χ4n) is 2.28. The molecule has 0 N–H and O–H groups in total. The van der Waals surface area contributed by atoms with E-state index < -0.39 is 76.4 Å². The number of hydrogen-bond donors (Lipinski definition) is 0. The molecular weight excluding hydrogens is 640 g/mol. The molecule has 224 valence electrons. The van der Waals surface area contributed by atoms with Crippen LogP contribution in [0, 0.1) is 0 Å². The Kier molecular flexibility index (Phi) is 7.89. The Bertz CT molecular complexity index is 1100. The topological polar surface area (TPSA) is 71.5 Å². The Morgan fingerprint density at radius 1 is 0.447 bits per heavy atom. The minimum atomic E-state index is -8.83. The molecule has 0 aromatic rings. The highest BCUT2D eigenvalue weighted by Crippen LogP contribution is 2.58. The molecule has 0 spiro atoms. The van der Waals surface area contributed by atoms with Gasteiger partial charge in [-0.1, -0.05) is 28.0 Å². The summed E-state index contributed by atoms with van der Waals surface area (Å²) in [6.07, 6.45) is -15.8. The van der Waals surface area contributed by atoms with Gasteiger partial charge in [0.05, 0.1) is 6.04 Å². The van der Waals surface area contributed by atoms with Gasteiger partial charge < -0.3 is 0 Å². The van der Waals surface area contributed by atoms with Gasteiger partial charge in [-0.05, 0) is 0 Å². The van der Waals surface area contributed by atoms with E-state index in [4.69, 9.17) is 0 Å². The molecule has 25 heteroatoms. The molecule has 0 bridgehead atoms. The number of hydrogen-bond acceptors (Lipinski definition) is 4. The van der Waals surface area contributed by atoms with E-state index in [0.717, 1.165) is 0 Å². The molecule has 0 heterocycles. The van der Waals surface area contributed by atoms with Crippen LogP contribution in [-0.2, 0) is 20.0 Å². The highest BCUT2D eigenvalue weighted by molar-refractivity contribution is 8.05. The lowest BCUT2D eigenvalue weighted by Gasteiger charge is -2.39. The Labute approximate surface area is 197 Å². The highest BCUT2D eigenvalue weighted by Gasteiger charge is 2.89. The van der Waals surface area contributed by atoms with Crippen molar-refractivity contribution in [3.8, 4) is 0 Å². The van der Waals surface area contributed by atoms with Crippen LogP contribution in [0.5, 0.6) is 0 Å². The zero-order valence-electron chi connectivity index (χ0n) is 16.6. The van der Waals surface area contributed by atoms with Crippen molar-refractivity contribution in [2.45, 2.75) is 52.6 Å². The molecule has 0 aromatic carbocycles. The summed E-state index contributed by atoms with van der Waals surface area (Å²) in [5.74, 6) is -33.0. The Balaban J connectivity index is 4.08. The summed E-state index contributed by atoms with van der Waals surface area (Å²) in [7, 11) is -17.7. The van der Waals surface area contributed by atoms with Gasteiger partial charge >= 0.3 is 66.6 Å². The Morgan fingerprint density at radius 2 is 0.684 bits per heavy atom. The number of rotatable bonds is 9. The quantitative estimate of drug-likeness (QED) is 0.320. The normalized spacial score (nSPS) is 18.1. The van der Waals surface area contributed by atoms with Gasteiger partial charge in [-0.2, -0.15) is 79.0 Å². The van der Waals surface area contributed by atoms with Gasteiger partial charge in [0.1, 0.15) is 0 Å². The number of sulfonamides is 2. The molecular formula is C13H5F18NO4S2. The van der Waals surface area contributed by atoms with Gasteiger partial charge in [-0.15, -0.1) is 0 Å². The van der Waals surface area contributed by atoms with E-state index >= 15 is 0 Å². The van der Waals surface area contributed by atoms with E-state index in [2.05, 4.69) is 0 Å². The van der Waals surface area contributed by atoms with Gasteiger partial charge in [-0.3, -0.25) is 0 Å². The van der Waals surface area contributed by atoms with Crippen LogP contribution >= 0.6 is 0 Å². The molecule has 1 rings (SSSR count). The lowest BCUT2D eigenvalue weighted by atomic mass is 10.1. The first-order valence-corrected chi connectivity index (χ1v) is 11.1. The number of nitrogens with zero attached hydrogens (tertiary/aromatic N) is 1. The lowest BCUT2D eigenvalue weighted by molar-refractivity contribution is -0.383. The average molecular weight is 645 g/mol. The second-order valence-electron chi connectivity index (χ2n) is 6.82. The SMILES string of the molecule is O=S(=O)(N(C1C=CC=C1)S(=O)(=O)C(F)(F)C(F)(F)C(F)(F)C(F)(F)F)C(F)(F)C(F)(F)C(F)(F)C(F)(F)F. The summed E-state index contributed by atoms with van der Waals surface area (Å²) >= 11 is 0. The van der Waals surface area contributed by atoms with Gasteiger partial charge in [0.25, 0.3) is 0 Å². The van der Waals surface area contributed by atoms with Gasteiger partial charge in [-0.25, -0.2) is 16.8 Å². The molecule has 0 atom stereocenters. The van der Waals surface area contributed by atoms with E-state index in [-0.39, 0.29) is 24.3 Å². The first-order chi connectivity index (χ1) is 16.2. The molecule has 0 saturated carbocycles. The third kappa shape index (κ3) is 4.30. The predicted octanol–water partition coefficient (Wildman–Crippen LogP) is 5.29. The van der Waals surface area contributed by atoms with Crippen molar-refractivity contribution in [1.29, 1.82) is 0 Å². The fourth-order valence-corrected chi connectivity index (χ4v) is 6.16. The van der Waals surface area contributed by atoms with Crippen LogP contribution in [-0.4, -0.2) is 73.1 Å². The van der Waals surface area contributed by atoms with Crippen LogP contribution in [0.4, 0.5) is 79.0 Å². The maximum absolute atomic E-state index is 14.1. The first-order valence-electron chi connectivity index (χ1n) is 8.27. The third-order valence-corrected chi connectivity index (χ3v) is 8.75. The molecule has 5 nitrogen and oxygen atoms in total. The van der Waals surface area contributed by atoms with Crippen LogP contribution in [0.1, 0.15) is 0 Å². The van der Waals surface area contributed by atoms with Crippen molar-refractivity contribution in [3.63, 3.8) is 0 Å². The van der Waals surface area contributed by atoms with E-state index in [1.54, 1.807) is 0 Å². The molecule has 0 saturated heterocycles. The number of halogens is 18. The molecule has 0 aliphatic heterocycles. The molecule has 38 heavy (non-hydrogen) atoms. The summed E-state index contributed by atoms with van der Waals surface area (Å²) in [5.41, 5.74) is 0. The molecule has 0 fully saturated rings. The maximum atomic E-state index is 14.1. The standard InChI is InChI=1S/C13H5F18NO4S2/c14-6(15,10(22,23)24)8(18,19)12(28,29)37(33,34)32(5-3-1-2-4-5)38(35,36)13(30,31)9(20,21)7(16,17)11(25,26)27/h1-5H. The maximum Gasteiger partial charge on any atom is 0.460 e. The molecule has 0 unspecified atom stereocenters. The van der Waals surface area contributed by atoms with Crippen molar-refractivity contribution >= 4 is 20.0 Å². The second kappa shape index (κ2) is 8.79. The molecule has 0 amide bonds. The summed E-state index contributed by atoms with van der Waals surface area (Å²) in [6, 6.07) is -3.59. The minimum Gasteiger partial charge on any atom is -0.205 e. The van der Waals surface area contributed by atoms with E-state index in [0.29, 0.717) is 0 Å². The molecule has 0 radical (unpaired) electrons. The highest BCUT2D eigenvalue weighted by atomic mass is 32.3. The zero-order valence-corrected chi connectivity index (χ0v) is 18.2. The van der Waals surface area contributed by atoms with E-state index in [1.165, 1.54) is 0 Å². The summed E-state index contributed by atoms with van der Waals surface area (Å²) < 4.78 is 282. The van der Waals surface area contributed by atoms with Crippen molar-refractivity contribution in [2.24, 2.45) is 0 Å². The minimum absolute atomic E-state index is 0.198. The van der Waals surface area contributed by atoms with Gasteiger partial charge in [0.15, 0.2) is 0 Å². The first kappa shape index (κ1) is 34.1. The number of alkyl halides is 18. The van der Waals surface area contributed by atoms with E-state index in [9.17, 15) is 95.9 Å². The fraction of sp³-hybridized carbons (Fsp3) is 0.692. The Morgan fingerprint density at radius 3 is 0.895 bits per heavy atom. The molecule has 1 aliphatic carbocycles. The summed E-state index contributed by atoms with van der Waals surface area (Å²) in [6.45, 7) is 0. The van der Waals surface area contributed by atoms with Crippen molar-refractivity contribution < 1.29 is 95.9 Å². The van der Waals surface area contributed by atoms with Crippen molar-refractivity contribution in [1.82, 2.24) is 3.71 Å². The van der Waals surface area contributed by atoms with Crippen molar-refractivity contribution in [2.75, 3.05) is 0 Å². The smallest absolute Gasteiger partial charge is 0.205 e. The van der Waals surface area contributed by atoms with Crippen LogP contribution in [0.2, 0.25) is 0 Å². The Hall–Kier alpha value is -1.92. The average Bonchev–Trinajstić information content (AvgIpc) is 3.18. The zero-order chi connectivity index (χ0) is 31.0. The van der Waals surface area contributed by atoms with Gasteiger partial charge in [0.2, 0.25) is 0 Å². The summed E-state index contributed by atoms with van der Waals surface area (Å²) in [4.78, 5) is 0. The van der Waals surface area contributed by atoms with Crippen LogP contribution < -0.4 is 0 Å². The molecule has 0 aromatic heterocycles. The van der Waals surface area contributed by atoms with E-state index in [1.807, 2.05) is 0 Å². The molecule has 1 aliphatic rings. The monoisotopic (exact) mass is 645 g/mol. The second-order valence-corrected chi connectivity index (χ2v) is 10.8.